The third-order valence-electron chi connectivity index (χ3n) is 8.01. The quantitative estimate of drug-likeness (QED) is 0.537. The number of hydrogen-bond donors (Lipinski definition) is 0. The minimum atomic E-state index is 0.00594. The van der Waals surface area contributed by atoms with E-state index in [4.69, 9.17) is 4.74 Å². The Morgan fingerprint density at radius 3 is 2.37 bits per heavy atom. The summed E-state index contributed by atoms with van der Waals surface area (Å²) >= 11 is 0. The minimum Gasteiger partial charge on any atom is -0.465 e. The van der Waals surface area contributed by atoms with Crippen molar-refractivity contribution in [3.05, 3.63) is 29.8 Å². The topological polar surface area (TPSA) is 32.8 Å². The summed E-state index contributed by atoms with van der Waals surface area (Å²) in [6.45, 7) is 1.70. The molecule has 1 aromatic rings. The Balaban J connectivity index is 1.52. The second kappa shape index (κ2) is 10.2. The molecule has 2 saturated heterocycles. The molecule has 4 aliphatic rings. The van der Waals surface area contributed by atoms with Crippen molar-refractivity contribution in [1.29, 1.82) is 0 Å². The molecule has 4 heteroatoms. The molecule has 1 aromatic carbocycles. The number of rotatable bonds is 0. The van der Waals surface area contributed by atoms with E-state index in [0.717, 1.165) is 19.4 Å². The van der Waals surface area contributed by atoms with Crippen LogP contribution >= 0.6 is 0 Å². The van der Waals surface area contributed by atoms with Gasteiger partial charge in [-0.05, 0) is 62.8 Å². The van der Waals surface area contributed by atoms with Crippen molar-refractivity contribution >= 4 is 11.7 Å². The highest BCUT2D eigenvalue weighted by Gasteiger charge is 2.46. The van der Waals surface area contributed by atoms with Gasteiger partial charge >= 0.3 is 5.97 Å². The van der Waals surface area contributed by atoms with Crippen LogP contribution in [-0.2, 0) is 9.53 Å². The Hall–Kier alpha value is -1.55. The molecule has 5 rings (SSSR count). The average molecular weight is 413 g/mol. The molecule has 0 radical (unpaired) electrons. The molecule has 0 saturated carbocycles. The molecule has 30 heavy (non-hydrogen) atoms. The van der Waals surface area contributed by atoms with Crippen LogP contribution in [0.25, 0.3) is 0 Å². The number of esters is 1. The third kappa shape index (κ3) is 5.01. The van der Waals surface area contributed by atoms with Crippen molar-refractivity contribution in [1.82, 2.24) is 4.90 Å². The van der Waals surface area contributed by atoms with Gasteiger partial charge in [-0.15, -0.1) is 0 Å². The van der Waals surface area contributed by atoms with Gasteiger partial charge in [0.1, 0.15) is 0 Å². The van der Waals surface area contributed by atoms with E-state index >= 15 is 0 Å². The lowest BCUT2D eigenvalue weighted by Crippen LogP contribution is -2.47. The summed E-state index contributed by atoms with van der Waals surface area (Å²) in [5.41, 5.74) is 2.74. The van der Waals surface area contributed by atoms with Gasteiger partial charge in [-0.1, -0.05) is 44.2 Å². The number of carbonyl (C=O) groups is 1. The zero-order valence-electron chi connectivity index (χ0n) is 19.0. The fraction of sp³-hybridized carbons (Fsp3) is 0.731. The number of nitrogens with zero attached hydrogens (tertiary/aromatic N) is 2. The van der Waals surface area contributed by atoms with Gasteiger partial charge in [0.25, 0.3) is 0 Å². The predicted octanol–water partition coefficient (Wildman–Crippen LogP) is 5.37. The first kappa shape index (κ1) is 21.7. The molecule has 4 heterocycles. The number of anilines is 1. The number of ether oxygens (including phenoxy) is 1. The second-order valence-corrected chi connectivity index (χ2v) is 9.89. The van der Waals surface area contributed by atoms with Crippen molar-refractivity contribution in [3.8, 4) is 0 Å². The van der Waals surface area contributed by atoms with Crippen molar-refractivity contribution in [2.45, 2.75) is 88.6 Å². The number of carbonyl (C=O) groups excluding carboxylic acids is 1. The maximum absolute atomic E-state index is 12.4. The van der Waals surface area contributed by atoms with Crippen LogP contribution in [0.5, 0.6) is 0 Å². The van der Waals surface area contributed by atoms with Gasteiger partial charge in [0.15, 0.2) is 0 Å². The monoisotopic (exact) mass is 412 g/mol. The van der Waals surface area contributed by atoms with Crippen molar-refractivity contribution in [2.75, 3.05) is 32.1 Å². The fourth-order valence-corrected chi connectivity index (χ4v) is 6.06. The van der Waals surface area contributed by atoms with E-state index in [1.165, 1.54) is 62.6 Å². The van der Waals surface area contributed by atoms with E-state index in [0.29, 0.717) is 36.9 Å². The van der Waals surface area contributed by atoms with E-state index < -0.39 is 0 Å². The van der Waals surface area contributed by atoms with Gasteiger partial charge in [0.2, 0.25) is 0 Å². The molecule has 0 N–H and O–H groups in total. The largest absolute Gasteiger partial charge is 0.465 e. The second-order valence-electron chi connectivity index (χ2n) is 9.89. The first-order valence-electron chi connectivity index (χ1n) is 12.3. The Morgan fingerprint density at radius 1 is 0.900 bits per heavy atom. The lowest BCUT2D eigenvalue weighted by atomic mass is 9.76. The SMILES string of the molecule is CN1CCCCCCCCCC(=O)OC[C@H]2[C@H](C[C@@H]3CC[C@H]2N3C)c2ccc1cc2. The van der Waals surface area contributed by atoms with Crippen molar-refractivity contribution in [3.63, 3.8) is 0 Å². The zero-order chi connectivity index (χ0) is 20.9. The van der Waals surface area contributed by atoms with Gasteiger partial charge in [-0.2, -0.15) is 0 Å². The van der Waals surface area contributed by atoms with Crippen LogP contribution in [0.3, 0.4) is 0 Å². The van der Waals surface area contributed by atoms with E-state index in [1.54, 1.807) is 0 Å². The van der Waals surface area contributed by atoms with E-state index in [2.05, 4.69) is 48.2 Å². The lowest BCUT2D eigenvalue weighted by Gasteiger charge is -2.43. The Bertz CT molecular complexity index is 689. The van der Waals surface area contributed by atoms with Gasteiger partial charge in [-0.25, -0.2) is 0 Å². The maximum Gasteiger partial charge on any atom is 0.305 e. The molecular formula is C26H40N2O2. The standard InChI is InChI=1S/C26H40N2O2/c1-27-17-9-7-5-3-4-6-8-10-26(29)30-19-24-23(20-11-13-21(27)14-12-20)18-22-15-16-25(24)28(22)2/h11-14,22-25H,3-10,15-19H2,1-2H3/t22-,23+,24-,25+/m0/s1. The van der Waals surface area contributed by atoms with Gasteiger partial charge in [0, 0.05) is 43.7 Å². The summed E-state index contributed by atoms with van der Waals surface area (Å²) in [5.74, 6) is 0.905. The molecule has 0 amide bonds. The predicted molar refractivity (Wildman–Crippen MR) is 123 cm³/mol. The number of piperidine rings is 1. The number of benzene rings is 1. The molecule has 166 valence electrons. The highest BCUT2D eigenvalue weighted by molar-refractivity contribution is 5.69. The van der Waals surface area contributed by atoms with Gasteiger partial charge in [0.05, 0.1) is 6.61 Å². The molecule has 4 aliphatic heterocycles. The highest BCUT2D eigenvalue weighted by atomic mass is 16.5. The zero-order valence-corrected chi connectivity index (χ0v) is 19.0. The molecule has 0 aromatic heterocycles. The highest BCUT2D eigenvalue weighted by Crippen LogP contribution is 2.46. The van der Waals surface area contributed by atoms with Crippen molar-refractivity contribution in [2.24, 2.45) is 5.92 Å². The van der Waals surface area contributed by atoms with Crippen LogP contribution in [-0.4, -0.2) is 50.2 Å². The average Bonchev–Trinajstić information content (AvgIpc) is 2.99. The number of hydrogen-bond acceptors (Lipinski definition) is 4. The third-order valence-corrected chi connectivity index (χ3v) is 8.01. The Morgan fingerprint density at radius 2 is 1.60 bits per heavy atom. The summed E-state index contributed by atoms with van der Waals surface area (Å²) in [6, 6.07) is 10.5. The first-order chi connectivity index (χ1) is 14.6. The molecule has 0 aliphatic carbocycles. The fourth-order valence-electron chi connectivity index (χ4n) is 6.06. The summed E-state index contributed by atoms with van der Waals surface area (Å²) in [7, 11) is 4.49. The molecular weight excluding hydrogens is 372 g/mol. The maximum atomic E-state index is 12.4. The Labute approximate surface area is 183 Å². The van der Waals surface area contributed by atoms with E-state index in [1.807, 2.05) is 0 Å². The lowest BCUT2D eigenvalue weighted by molar-refractivity contribution is -0.146. The summed E-state index contributed by atoms with van der Waals surface area (Å²) < 4.78 is 5.86. The molecule has 2 fully saturated rings. The Kier molecular flexibility index (Phi) is 7.35. The van der Waals surface area contributed by atoms with Crippen LogP contribution in [0, 0.1) is 5.92 Å². The van der Waals surface area contributed by atoms with Gasteiger partial charge in [-0.3, -0.25) is 4.79 Å². The molecule has 0 spiro atoms. The molecule has 4 nitrogen and oxygen atoms in total. The van der Waals surface area contributed by atoms with E-state index in [9.17, 15) is 4.79 Å². The molecule has 4 bridgehead atoms. The van der Waals surface area contributed by atoms with Crippen LogP contribution in [0.2, 0.25) is 0 Å². The number of fused-ring (bicyclic) bond motifs is 16. The van der Waals surface area contributed by atoms with Crippen LogP contribution < -0.4 is 4.90 Å². The summed E-state index contributed by atoms with van der Waals surface area (Å²) in [4.78, 5) is 17.4. The van der Waals surface area contributed by atoms with Crippen LogP contribution in [0.1, 0.15) is 82.1 Å². The minimum absolute atomic E-state index is 0.00594. The van der Waals surface area contributed by atoms with Crippen LogP contribution in [0.15, 0.2) is 24.3 Å². The van der Waals surface area contributed by atoms with Gasteiger partial charge < -0.3 is 14.5 Å². The smallest absolute Gasteiger partial charge is 0.305 e. The van der Waals surface area contributed by atoms with Crippen molar-refractivity contribution < 1.29 is 9.53 Å². The van der Waals surface area contributed by atoms with Crippen LogP contribution in [0.4, 0.5) is 5.69 Å². The molecule has 0 unspecified atom stereocenters. The summed E-state index contributed by atoms with van der Waals surface area (Å²) in [6.07, 6.45) is 12.8. The molecule has 4 atom stereocenters. The summed E-state index contributed by atoms with van der Waals surface area (Å²) in [5, 5.41) is 0. The first-order valence-corrected chi connectivity index (χ1v) is 12.3. The van der Waals surface area contributed by atoms with E-state index in [-0.39, 0.29) is 5.97 Å². The normalized spacial score (nSPS) is 32.1.